The Balaban J connectivity index is 2.70. The quantitative estimate of drug-likeness (QED) is 0.515. The van der Waals surface area contributed by atoms with Crippen LogP contribution in [-0.4, -0.2) is 53.1 Å². The lowest BCUT2D eigenvalue weighted by molar-refractivity contribution is -0.284. The summed E-state index contributed by atoms with van der Waals surface area (Å²) in [6.45, 7) is 3.53. The summed E-state index contributed by atoms with van der Waals surface area (Å²) in [5, 5.41) is 28.1. The SMILES string of the molecule is C=CC[C@H]1OC(O)[C@H](O)[C@H](O)[C@H]1OC. The minimum atomic E-state index is -1.37. The van der Waals surface area contributed by atoms with Crippen molar-refractivity contribution in [1.29, 1.82) is 0 Å². The predicted molar refractivity (Wildman–Crippen MR) is 48.5 cm³/mol. The van der Waals surface area contributed by atoms with Crippen molar-refractivity contribution in [3.05, 3.63) is 12.7 Å². The maximum Gasteiger partial charge on any atom is 0.183 e. The Labute approximate surface area is 82.6 Å². The normalized spacial score (nSPS) is 43.6. The van der Waals surface area contributed by atoms with Crippen LogP contribution in [0.2, 0.25) is 0 Å². The van der Waals surface area contributed by atoms with Gasteiger partial charge in [-0.05, 0) is 6.42 Å². The molecule has 1 aliphatic heterocycles. The molecule has 0 aromatic rings. The molecule has 5 nitrogen and oxygen atoms in total. The van der Waals surface area contributed by atoms with E-state index in [-0.39, 0.29) is 0 Å². The van der Waals surface area contributed by atoms with Gasteiger partial charge in [-0.15, -0.1) is 6.58 Å². The second-order valence-electron chi connectivity index (χ2n) is 3.27. The molecule has 14 heavy (non-hydrogen) atoms. The molecule has 82 valence electrons. The zero-order valence-corrected chi connectivity index (χ0v) is 8.04. The Morgan fingerprint density at radius 2 is 2.00 bits per heavy atom. The van der Waals surface area contributed by atoms with Gasteiger partial charge in [-0.2, -0.15) is 0 Å². The van der Waals surface area contributed by atoms with Crippen LogP contribution in [0.15, 0.2) is 12.7 Å². The van der Waals surface area contributed by atoms with Crippen LogP contribution in [0.4, 0.5) is 0 Å². The van der Waals surface area contributed by atoms with E-state index in [0.29, 0.717) is 6.42 Å². The van der Waals surface area contributed by atoms with E-state index in [4.69, 9.17) is 9.47 Å². The average Bonchev–Trinajstić information content (AvgIpc) is 2.16. The van der Waals surface area contributed by atoms with Crippen molar-refractivity contribution >= 4 is 0 Å². The van der Waals surface area contributed by atoms with E-state index in [2.05, 4.69) is 6.58 Å². The number of rotatable bonds is 3. The standard InChI is InChI=1S/C9H16O5/c1-3-4-5-8(13-2)6(10)7(11)9(12)14-5/h3,5-12H,1,4H2,2H3/t5-,6+,7-,8+,9?/m1/s1. The molecule has 0 aliphatic carbocycles. The Bertz CT molecular complexity index is 196. The molecule has 3 N–H and O–H groups in total. The van der Waals surface area contributed by atoms with Crippen molar-refractivity contribution in [3.63, 3.8) is 0 Å². The molecule has 1 unspecified atom stereocenters. The molecular weight excluding hydrogens is 188 g/mol. The van der Waals surface area contributed by atoms with Gasteiger partial charge in [0.25, 0.3) is 0 Å². The lowest BCUT2D eigenvalue weighted by Gasteiger charge is -2.39. The van der Waals surface area contributed by atoms with Gasteiger partial charge in [-0.3, -0.25) is 0 Å². The molecule has 5 heteroatoms. The highest BCUT2D eigenvalue weighted by molar-refractivity contribution is 4.92. The minimum Gasteiger partial charge on any atom is -0.387 e. The molecule has 1 heterocycles. The Morgan fingerprint density at radius 3 is 2.50 bits per heavy atom. The molecule has 0 amide bonds. The second-order valence-corrected chi connectivity index (χ2v) is 3.27. The number of ether oxygens (including phenoxy) is 2. The average molecular weight is 204 g/mol. The van der Waals surface area contributed by atoms with Crippen LogP contribution < -0.4 is 0 Å². The number of aliphatic hydroxyl groups is 3. The Morgan fingerprint density at radius 1 is 1.36 bits per heavy atom. The fourth-order valence-corrected chi connectivity index (χ4v) is 1.57. The van der Waals surface area contributed by atoms with E-state index in [0.717, 1.165) is 0 Å². The second kappa shape index (κ2) is 4.86. The fourth-order valence-electron chi connectivity index (χ4n) is 1.57. The third kappa shape index (κ3) is 2.13. The molecule has 0 radical (unpaired) electrons. The molecule has 0 bridgehead atoms. The minimum absolute atomic E-state index is 0.444. The van der Waals surface area contributed by atoms with Gasteiger partial charge in [0.15, 0.2) is 6.29 Å². The number of aliphatic hydroxyl groups excluding tert-OH is 3. The molecule has 0 spiro atoms. The largest absolute Gasteiger partial charge is 0.387 e. The maximum atomic E-state index is 9.56. The highest BCUT2D eigenvalue weighted by atomic mass is 16.6. The van der Waals surface area contributed by atoms with Crippen LogP contribution in [0.1, 0.15) is 6.42 Å². The molecule has 0 aromatic carbocycles. The zero-order valence-electron chi connectivity index (χ0n) is 8.04. The highest BCUT2D eigenvalue weighted by Gasteiger charge is 2.43. The van der Waals surface area contributed by atoms with Crippen LogP contribution in [0, 0.1) is 0 Å². The number of hydrogen-bond acceptors (Lipinski definition) is 5. The summed E-state index contributed by atoms with van der Waals surface area (Å²) >= 11 is 0. The van der Waals surface area contributed by atoms with E-state index >= 15 is 0 Å². The first-order chi connectivity index (χ1) is 6.61. The van der Waals surface area contributed by atoms with Crippen LogP contribution in [0.5, 0.6) is 0 Å². The van der Waals surface area contributed by atoms with Crippen LogP contribution in [-0.2, 0) is 9.47 Å². The van der Waals surface area contributed by atoms with E-state index in [9.17, 15) is 15.3 Å². The molecule has 1 saturated heterocycles. The molecule has 0 saturated carbocycles. The van der Waals surface area contributed by atoms with Gasteiger partial charge in [0.05, 0.1) is 6.10 Å². The number of methoxy groups -OCH3 is 1. The van der Waals surface area contributed by atoms with Crippen molar-refractivity contribution in [2.24, 2.45) is 0 Å². The zero-order chi connectivity index (χ0) is 10.7. The first-order valence-corrected chi connectivity index (χ1v) is 4.45. The van der Waals surface area contributed by atoms with E-state index in [1.54, 1.807) is 6.08 Å². The number of hydrogen-bond donors (Lipinski definition) is 3. The van der Waals surface area contributed by atoms with Crippen LogP contribution >= 0.6 is 0 Å². The van der Waals surface area contributed by atoms with Gasteiger partial charge < -0.3 is 24.8 Å². The maximum absolute atomic E-state index is 9.56. The van der Waals surface area contributed by atoms with Gasteiger partial charge >= 0.3 is 0 Å². The smallest absolute Gasteiger partial charge is 0.183 e. The van der Waals surface area contributed by atoms with Gasteiger partial charge in [0.1, 0.15) is 18.3 Å². The molecule has 1 rings (SSSR count). The lowest BCUT2D eigenvalue weighted by Crippen LogP contribution is -2.57. The van der Waals surface area contributed by atoms with Crippen molar-refractivity contribution in [2.45, 2.75) is 37.1 Å². The summed E-state index contributed by atoms with van der Waals surface area (Å²) in [6.07, 6.45) is -2.93. The summed E-state index contributed by atoms with van der Waals surface area (Å²) in [5.74, 6) is 0. The molecule has 1 fully saturated rings. The summed E-state index contributed by atoms with van der Waals surface area (Å²) in [5.41, 5.74) is 0. The van der Waals surface area contributed by atoms with Crippen LogP contribution in [0.3, 0.4) is 0 Å². The third-order valence-corrected chi connectivity index (χ3v) is 2.33. The van der Waals surface area contributed by atoms with Gasteiger partial charge in [-0.25, -0.2) is 0 Å². The first kappa shape index (κ1) is 11.6. The third-order valence-electron chi connectivity index (χ3n) is 2.33. The van der Waals surface area contributed by atoms with Gasteiger partial charge in [0.2, 0.25) is 0 Å². The Kier molecular flexibility index (Phi) is 4.03. The molecular formula is C9H16O5. The topological polar surface area (TPSA) is 79.2 Å². The van der Waals surface area contributed by atoms with Crippen LogP contribution in [0.25, 0.3) is 0 Å². The first-order valence-electron chi connectivity index (χ1n) is 4.45. The molecule has 0 aromatic heterocycles. The van der Waals surface area contributed by atoms with E-state index in [1.807, 2.05) is 0 Å². The summed E-state index contributed by atoms with van der Waals surface area (Å²) < 4.78 is 10.1. The Hall–Kier alpha value is -0.460. The monoisotopic (exact) mass is 204 g/mol. The summed E-state index contributed by atoms with van der Waals surface area (Å²) in [6, 6.07) is 0. The van der Waals surface area contributed by atoms with Crippen molar-refractivity contribution in [1.82, 2.24) is 0 Å². The molecule has 5 atom stereocenters. The highest BCUT2D eigenvalue weighted by Crippen LogP contribution is 2.23. The fraction of sp³-hybridized carbons (Fsp3) is 0.778. The molecule has 1 aliphatic rings. The van der Waals surface area contributed by atoms with Crippen molar-refractivity contribution in [2.75, 3.05) is 7.11 Å². The predicted octanol–water partition coefficient (Wildman–Crippen LogP) is -0.984. The summed E-state index contributed by atoms with van der Waals surface area (Å²) in [4.78, 5) is 0. The van der Waals surface area contributed by atoms with E-state index < -0.39 is 30.7 Å². The van der Waals surface area contributed by atoms with Gasteiger partial charge in [0, 0.05) is 7.11 Å². The van der Waals surface area contributed by atoms with Gasteiger partial charge in [-0.1, -0.05) is 6.08 Å². The van der Waals surface area contributed by atoms with Crippen molar-refractivity contribution < 1.29 is 24.8 Å². The van der Waals surface area contributed by atoms with Crippen molar-refractivity contribution in [3.8, 4) is 0 Å². The van der Waals surface area contributed by atoms with E-state index in [1.165, 1.54) is 7.11 Å². The lowest BCUT2D eigenvalue weighted by atomic mass is 9.97. The summed E-state index contributed by atoms with van der Waals surface area (Å²) in [7, 11) is 1.41.